The number of fused-ring (bicyclic) bond motifs is 1. The Labute approximate surface area is 151 Å². The molecular weight excluding hydrogens is 338 g/mol. The fourth-order valence-electron chi connectivity index (χ4n) is 2.90. The van der Waals surface area contributed by atoms with Gasteiger partial charge >= 0.3 is 0 Å². The number of hydrogen-bond donors (Lipinski definition) is 2. The molecule has 0 bridgehead atoms. The zero-order valence-corrected chi connectivity index (χ0v) is 15.0. The Morgan fingerprint density at radius 3 is 2.84 bits per heavy atom. The minimum Gasteiger partial charge on any atom is -0.507 e. The Hall–Kier alpha value is -2.53. The summed E-state index contributed by atoms with van der Waals surface area (Å²) >= 11 is 6.04. The topological polar surface area (TPSA) is 69.2 Å². The van der Waals surface area contributed by atoms with Crippen molar-refractivity contribution in [3.05, 3.63) is 58.2 Å². The first-order chi connectivity index (χ1) is 12.0. The van der Waals surface area contributed by atoms with Crippen LogP contribution in [0.1, 0.15) is 35.0 Å². The van der Waals surface area contributed by atoms with Gasteiger partial charge in [-0.3, -0.25) is 9.89 Å². The Bertz CT molecular complexity index is 920. The van der Waals surface area contributed by atoms with Gasteiger partial charge in [0.15, 0.2) is 0 Å². The molecule has 6 heteroatoms. The van der Waals surface area contributed by atoms with Crippen LogP contribution in [-0.2, 0) is 6.42 Å². The lowest BCUT2D eigenvalue weighted by atomic mass is 10.0. The molecule has 5 nitrogen and oxygen atoms in total. The second-order valence-corrected chi connectivity index (χ2v) is 6.56. The maximum Gasteiger partial charge on any atom is 0.257 e. The lowest BCUT2D eigenvalue weighted by Crippen LogP contribution is -2.27. The fraction of sp³-hybridized carbons (Fsp3) is 0.263. The lowest BCUT2D eigenvalue weighted by molar-refractivity contribution is 0.0792. The number of aromatic amines is 1. The number of nitrogens with zero attached hydrogens (tertiary/aromatic N) is 2. The zero-order chi connectivity index (χ0) is 18.0. The van der Waals surface area contributed by atoms with Gasteiger partial charge in [0.05, 0.1) is 16.8 Å². The quantitative estimate of drug-likeness (QED) is 0.725. The standard InChI is InChI=1S/C19H20ClN3O2/c1-3-7-23(2)19(25)15-10-14-16(21-22-17(14)11-18(15)24)9-12-5-4-6-13(20)8-12/h4-6,8,10-11,24H,3,7,9H2,1-2H3,(H,21,22). The summed E-state index contributed by atoms with van der Waals surface area (Å²) in [5.74, 6) is -0.241. The molecule has 0 atom stereocenters. The van der Waals surface area contributed by atoms with Crippen LogP contribution < -0.4 is 0 Å². The Morgan fingerprint density at radius 1 is 1.32 bits per heavy atom. The van der Waals surface area contributed by atoms with Gasteiger partial charge in [-0.15, -0.1) is 0 Å². The monoisotopic (exact) mass is 357 g/mol. The fourth-order valence-corrected chi connectivity index (χ4v) is 3.11. The number of amides is 1. The predicted molar refractivity (Wildman–Crippen MR) is 99.3 cm³/mol. The van der Waals surface area contributed by atoms with Crippen molar-refractivity contribution in [2.45, 2.75) is 19.8 Å². The number of aromatic nitrogens is 2. The van der Waals surface area contributed by atoms with Crippen LogP contribution in [0.5, 0.6) is 5.75 Å². The zero-order valence-electron chi connectivity index (χ0n) is 14.2. The maximum atomic E-state index is 12.6. The highest BCUT2D eigenvalue weighted by molar-refractivity contribution is 6.30. The van der Waals surface area contributed by atoms with Crippen molar-refractivity contribution in [2.24, 2.45) is 0 Å². The summed E-state index contributed by atoms with van der Waals surface area (Å²) in [6.07, 6.45) is 1.45. The molecule has 1 heterocycles. The summed E-state index contributed by atoms with van der Waals surface area (Å²) in [6, 6.07) is 10.9. The van der Waals surface area contributed by atoms with Crippen molar-refractivity contribution in [3.8, 4) is 5.75 Å². The van der Waals surface area contributed by atoms with Crippen molar-refractivity contribution in [1.82, 2.24) is 15.1 Å². The van der Waals surface area contributed by atoms with Crippen LogP contribution >= 0.6 is 11.6 Å². The van der Waals surface area contributed by atoms with Crippen LogP contribution in [-0.4, -0.2) is 39.7 Å². The van der Waals surface area contributed by atoms with Crippen molar-refractivity contribution in [1.29, 1.82) is 0 Å². The van der Waals surface area contributed by atoms with Gasteiger partial charge in [-0.1, -0.05) is 30.7 Å². The Kier molecular flexibility index (Phi) is 4.95. The number of halogens is 1. The molecule has 2 N–H and O–H groups in total. The summed E-state index contributed by atoms with van der Waals surface area (Å²) < 4.78 is 0. The number of benzene rings is 2. The third kappa shape index (κ3) is 3.61. The van der Waals surface area contributed by atoms with E-state index in [0.717, 1.165) is 23.1 Å². The number of rotatable bonds is 5. The van der Waals surface area contributed by atoms with Crippen LogP contribution in [0.3, 0.4) is 0 Å². The van der Waals surface area contributed by atoms with Crippen LogP contribution in [0.25, 0.3) is 10.9 Å². The number of hydrogen-bond acceptors (Lipinski definition) is 3. The minimum atomic E-state index is -0.198. The highest BCUT2D eigenvalue weighted by Gasteiger charge is 2.18. The highest BCUT2D eigenvalue weighted by atomic mass is 35.5. The van der Waals surface area contributed by atoms with E-state index in [0.29, 0.717) is 23.5 Å². The van der Waals surface area contributed by atoms with Crippen LogP contribution in [0.2, 0.25) is 5.02 Å². The van der Waals surface area contributed by atoms with Crippen LogP contribution in [0, 0.1) is 0 Å². The molecule has 0 aliphatic rings. The van der Waals surface area contributed by atoms with Gasteiger partial charge in [-0.05, 0) is 30.2 Å². The summed E-state index contributed by atoms with van der Waals surface area (Å²) in [7, 11) is 1.73. The first-order valence-electron chi connectivity index (χ1n) is 8.19. The van der Waals surface area contributed by atoms with E-state index >= 15 is 0 Å². The number of carbonyl (C=O) groups is 1. The van der Waals surface area contributed by atoms with Crippen molar-refractivity contribution in [3.63, 3.8) is 0 Å². The number of aromatic hydroxyl groups is 1. The van der Waals surface area contributed by atoms with E-state index in [1.54, 1.807) is 24.1 Å². The summed E-state index contributed by atoms with van der Waals surface area (Å²) in [4.78, 5) is 14.2. The average molecular weight is 358 g/mol. The summed E-state index contributed by atoms with van der Waals surface area (Å²) in [5, 5.41) is 19.0. The van der Waals surface area contributed by atoms with Gasteiger partial charge < -0.3 is 10.0 Å². The molecule has 3 rings (SSSR count). The normalized spacial score (nSPS) is 11.0. The van der Waals surface area contributed by atoms with E-state index in [1.807, 2.05) is 31.2 Å². The van der Waals surface area contributed by atoms with Gasteiger partial charge in [-0.2, -0.15) is 5.10 Å². The van der Waals surface area contributed by atoms with E-state index in [2.05, 4.69) is 10.2 Å². The van der Waals surface area contributed by atoms with Gasteiger partial charge in [0.25, 0.3) is 5.91 Å². The molecule has 0 aliphatic carbocycles. The molecule has 25 heavy (non-hydrogen) atoms. The first-order valence-corrected chi connectivity index (χ1v) is 8.57. The second kappa shape index (κ2) is 7.15. The molecule has 0 saturated carbocycles. The summed E-state index contributed by atoms with van der Waals surface area (Å²) in [5.41, 5.74) is 2.83. The molecule has 1 amide bonds. The second-order valence-electron chi connectivity index (χ2n) is 6.12. The SMILES string of the molecule is CCCN(C)C(=O)c1cc2c(Cc3cccc(Cl)c3)n[nH]c2cc1O. The van der Waals surface area contributed by atoms with Crippen molar-refractivity contribution in [2.75, 3.05) is 13.6 Å². The number of phenols is 1. The smallest absolute Gasteiger partial charge is 0.257 e. The third-order valence-electron chi connectivity index (χ3n) is 4.15. The Morgan fingerprint density at radius 2 is 2.12 bits per heavy atom. The van der Waals surface area contributed by atoms with E-state index in [1.165, 1.54) is 0 Å². The predicted octanol–water partition coefficient (Wildman–Crippen LogP) is 3.99. The van der Waals surface area contributed by atoms with Crippen LogP contribution in [0.15, 0.2) is 36.4 Å². The maximum absolute atomic E-state index is 12.6. The van der Waals surface area contributed by atoms with Crippen LogP contribution in [0.4, 0.5) is 0 Å². The largest absolute Gasteiger partial charge is 0.507 e. The third-order valence-corrected chi connectivity index (χ3v) is 4.39. The molecule has 0 radical (unpaired) electrons. The first kappa shape index (κ1) is 17.3. The molecule has 0 aliphatic heterocycles. The average Bonchev–Trinajstić information content (AvgIpc) is 2.95. The molecule has 0 saturated heterocycles. The van der Waals surface area contributed by atoms with Gasteiger partial charge in [0.2, 0.25) is 0 Å². The van der Waals surface area contributed by atoms with E-state index in [9.17, 15) is 9.90 Å². The number of H-pyrrole nitrogens is 1. The number of carbonyl (C=O) groups excluding carboxylic acids is 1. The summed E-state index contributed by atoms with van der Waals surface area (Å²) in [6.45, 7) is 2.64. The lowest BCUT2D eigenvalue weighted by Gasteiger charge is -2.16. The van der Waals surface area contributed by atoms with Gasteiger partial charge in [0.1, 0.15) is 5.75 Å². The van der Waals surface area contributed by atoms with Gasteiger partial charge in [-0.25, -0.2) is 0 Å². The molecule has 130 valence electrons. The number of nitrogens with one attached hydrogen (secondary N) is 1. The molecule has 0 unspecified atom stereocenters. The highest BCUT2D eigenvalue weighted by Crippen LogP contribution is 2.28. The molecule has 2 aromatic carbocycles. The van der Waals surface area contributed by atoms with Crippen molar-refractivity contribution >= 4 is 28.4 Å². The molecule has 0 spiro atoms. The molecule has 3 aromatic rings. The minimum absolute atomic E-state index is 0.0431. The van der Waals surface area contributed by atoms with E-state index < -0.39 is 0 Å². The van der Waals surface area contributed by atoms with E-state index in [-0.39, 0.29) is 17.2 Å². The molecule has 0 fully saturated rings. The van der Waals surface area contributed by atoms with Crippen molar-refractivity contribution < 1.29 is 9.90 Å². The molecular formula is C19H20ClN3O2. The van der Waals surface area contributed by atoms with E-state index in [4.69, 9.17) is 11.6 Å². The number of phenolic OH excluding ortho intramolecular Hbond substituents is 1. The van der Waals surface area contributed by atoms with Gasteiger partial charge in [0, 0.05) is 36.5 Å². The molecule has 1 aromatic heterocycles. The Balaban J connectivity index is 1.99.